The van der Waals surface area contributed by atoms with E-state index in [4.69, 9.17) is 4.42 Å². The van der Waals surface area contributed by atoms with Gasteiger partial charge in [0.1, 0.15) is 0 Å². The van der Waals surface area contributed by atoms with Crippen molar-refractivity contribution in [1.29, 1.82) is 0 Å². The number of carbonyl (C=O) groups excluding carboxylic acids is 1. The third kappa shape index (κ3) is 2.91. The van der Waals surface area contributed by atoms with E-state index in [9.17, 15) is 4.79 Å². The zero-order valence-corrected chi connectivity index (χ0v) is 8.74. The lowest BCUT2D eigenvalue weighted by Crippen LogP contribution is -2.32. The molecule has 1 aromatic heterocycles. The average molecular weight is 208 g/mol. The second kappa shape index (κ2) is 5.09. The van der Waals surface area contributed by atoms with Gasteiger partial charge in [0.25, 0.3) is 0 Å². The number of carbonyl (C=O) groups is 1. The maximum atomic E-state index is 11.7. The van der Waals surface area contributed by atoms with Crippen LogP contribution in [0.4, 0.5) is 0 Å². The first-order valence-corrected chi connectivity index (χ1v) is 5.36. The van der Waals surface area contributed by atoms with Crippen LogP contribution in [-0.2, 0) is 0 Å². The smallest absolute Gasteiger partial charge is 0.211 e. The standard InChI is InChI=1S/C11H16N2O2/c14-10(11-3-1-8-15-11)9-13-6-2-4-12-5-7-13/h1,3,8,12H,2,4-7,9H2. The Kier molecular flexibility index (Phi) is 3.53. The molecular weight excluding hydrogens is 192 g/mol. The van der Waals surface area contributed by atoms with Crippen LogP contribution in [0.1, 0.15) is 17.0 Å². The largest absolute Gasteiger partial charge is 0.461 e. The molecule has 0 aromatic carbocycles. The van der Waals surface area contributed by atoms with Crippen molar-refractivity contribution in [2.24, 2.45) is 0 Å². The van der Waals surface area contributed by atoms with Crippen molar-refractivity contribution < 1.29 is 9.21 Å². The van der Waals surface area contributed by atoms with Gasteiger partial charge in [0.05, 0.1) is 12.8 Å². The Morgan fingerprint density at radius 3 is 3.20 bits per heavy atom. The molecule has 0 spiro atoms. The molecule has 1 aliphatic rings. The monoisotopic (exact) mass is 208 g/mol. The van der Waals surface area contributed by atoms with Gasteiger partial charge in [0.15, 0.2) is 5.76 Å². The second-order valence-corrected chi connectivity index (χ2v) is 3.78. The van der Waals surface area contributed by atoms with E-state index in [0.29, 0.717) is 12.3 Å². The summed E-state index contributed by atoms with van der Waals surface area (Å²) < 4.78 is 5.08. The van der Waals surface area contributed by atoms with Gasteiger partial charge < -0.3 is 9.73 Å². The lowest BCUT2D eigenvalue weighted by atomic mass is 10.2. The van der Waals surface area contributed by atoms with E-state index in [2.05, 4.69) is 10.2 Å². The van der Waals surface area contributed by atoms with Crippen LogP contribution < -0.4 is 5.32 Å². The van der Waals surface area contributed by atoms with Crippen LogP contribution in [0, 0.1) is 0 Å². The summed E-state index contributed by atoms with van der Waals surface area (Å²) in [4.78, 5) is 13.9. The summed E-state index contributed by atoms with van der Waals surface area (Å²) in [5.74, 6) is 0.536. The molecule has 1 N–H and O–H groups in total. The Morgan fingerprint density at radius 2 is 2.40 bits per heavy atom. The van der Waals surface area contributed by atoms with Crippen molar-refractivity contribution in [1.82, 2.24) is 10.2 Å². The van der Waals surface area contributed by atoms with Gasteiger partial charge in [-0.2, -0.15) is 0 Å². The molecule has 4 nitrogen and oxygen atoms in total. The first kappa shape index (κ1) is 10.4. The van der Waals surface area contributed by atoms with E-state index in [1.54, 1.807) is 12.1 Å². The van der Waals surface area contributed by atoms with Crippen LogP contribution in [0.25, 0.3) is 0 Å². The summed E-state index contributed by atoms with van der Waals surface area (Å²) in [6.45, 7) is 4.40. The van der Waals surface area contributed by atoms with E-state index in [0.717, 1.165) is 32.6 Å². The molecule has 0 unspecified atom stereocenters. The number of rotatable bonds is 3. The SMILES string of the molecule is O=C(CN1CCCNCC1)c1ccco1. The van der Waals surface area contributed by atoms with Crippen LogP contribution in [0.2, 0.25) is 0 Å². The molecule has 0 bridgehead atoms. The first-order chi connectivity index (χ1) is 7.36. The highest BCUT2D eigenvalue weighted by Crippen LogP contribution is 2.04. The number of furan rings is 1. The molecule has 82 valence electrons. The number of hydrogen-bond donors (Lipinski definition) is 1. The van der Waals surface area contributed by atoms with Gasteiger partial charge in [0, 0.05) is 13.1 Å². The van der Waals surface area contributed by atoms with E-state index >= 15 is 0 Å². The highest BCUT2D eigenvalue weighted by molar-refractivity contribution is 5.94. The fourth-order valence-electron chi connectivity index (χ4n) is 1.78. The van der Waals surface area contributed by atoms with Crippen molar-refractivity contribution in [3.8, 4) is 0 Å². The normalized spacial score (nSPS) is 18.7. The summed E-state index contributed by atoms with van der Waals surface area (Å²) in [5.41, 5.74) is 0. The molecule has 2 rings (SSSR count). The summed E-state index contributed by atoms with van der Waals surface area (Å²) >= 11 is 0. The molecule has 4 heteroatoms. The predicted octanol–water partition coefficient (Wildman–Crippen LogP) is 0.758. The molecule has 0 radical (unpaired) electrons. The van der Waals surface area contributed by atoms with E-state index in [1.807, 2.05) is 0 Å². The molecule has 1 saturated heterocycles. The van der Waals surface area contributed by atoms with Crippen LogP contribution >= 0.6 is 0 Å². The lowest BCUT2D eigenvalue weighted by Gasteiger charge is -2.17. The third-order valence-corrected chi connectivity index (χ3v) is 2.60. The molecule has 0 atom stereocenters. The van der Waals surface area contributed by atoms with Crippen LogP contribution in [0.5, 0.6) is 0 Å². The predicted molar refractivity (Wildman–Crippen MR) is 57.0 cm³/mol. The molecule has 2 heterocycles. The molecule has 1 fully saturated rings. The maximum absolute atomic E-state index is 11.7. The quantitative estimate of drug-likeness (QED) is 0.745. The zero-order chi connectivity index (χ0) is 10.5. The summed E-state index contributed by atoms with van der Waals surface area (Å²) in [5, 5.41) is 3.31. The Labute approximate surface area is 89.2 Å². The average Bonchev–Trinajstić information content (AvgIpc) is 2.65. The second-order valence-electron chi connectivity index (χ2n) is 3.78. The van der Waals surface area contributed by atoms with Gasteiger partial charge in [0.2, 0.25) is 5.78 Å². The summed E-state index contributed by atoms with van der Waals surface area (Å²) in [6.07, 6.45) is 2.64. The van der Waals surface area contributed by atoms with E-state index in [-0.39, 0.29) is 5.78 Å². The van der Waals surface area contributed by atoms with Crippen LogP contribution in [-0.4, -0.2) is 43.4 Å². The maximum Gasteiger partial charge on any atom is 0.211 e. The Hall–Kier alpha value is -1.13. The number of ketones is 1. The topological polar surface area (TPSA) is 45.5 Å². The number of Topliss-reactive ketones (excluding diaryl/α,β-unsaturated/α-hetero) is 1. The summed E-state index contributed by atoms with van der Waals surface area (Å²) in [7, 11) is 0. The molecule has 0 saturated carbocycles. The minimum absolute atomic E-state index is 0.0712. The molecule has 1 aromatic rings. The van der Waals surface area contributed by atoms with Crippen LogP contribution in [0.15, 0.2) is 22.8 Å². The molecule has 15 heavy (non-hydrogen) atoms. The van der Waals surface area contributed by atoms with Crippen molar-refractivity contribution in [2.75, 3.05) is 32.7 Å². The van der Waals surface area contributed by atoms with Gasteiger partial charge in [-0.3, -0.25) is 9.69 Å². The van der Waals surface area contributed by atoms with Gasteiger partial charge >= 0.3 is 0 Å². The number of nitrogens with one attached hydrogen (secondary N) is 1. The fraction of sp³-hybridized carbons (Fsp3) is 0.545. The fourth-order valence-corrected chi connectivity index (χ4v) is 1.78. The highest BCUT2D eigenvalue weighted by Gasteiger charge is 2.15. The minimum Gasteiger partial charge on any atom is -0.461 e. The first-order valence-electron chi connectivity index (χ1n) is 5.36. The molecule has 1 aliphatic heterocycles. The Balaban J connectivity index is 1.87. The zero-order valence-electron chi connectivity index (χ0n) is 8.74. The third-order valence-electron chi connectivity index (χ3n) is 2.60. The van der Waals surface area contributed by atoms with E-state index in [1.165, 1.54) is 6.26 Å². The molecule has 0 aliphatic carbocycles. The van der Waals surface area contributed by atoms with Gasteiger partial charge in [-0.1, -0.05) is 0 Å². The Morgan fingerprint density at radius 1 is 1.47 bits per heavy atom. The van der Waals surface area contributed by atoms with Gasteiger partial charge in [-0.05, 0) is 31.6 Å². The van der Waals surface area contributed by atoms with Crippen molar-refractivity contribution in [2.45, 2.75) is 6.42 Å². The van der Waals surface area contributed by atoms with Gasteiger partial charge in [-0.15, -0.1) is 0 Å². The molecule has 0 amide bonds. The Bertz CT molecular complexity index is 300. The van der Waals surface area contributed by atoms with Gasteiger partial charge in [-0.25, -0.2) is 0 Å². The summed E-state index contributed by atoms with van der Waals surface area (Å²) in [6, 6.07) is 3.47. The number of hydrogen-bond acceptors (Lipinski definition) is 4. The highest BCUT2D eigenvalue weighted by atomic mass is 16.3. The van der Waals surface area contributed by atoms with E-state index < -0.39 is 0 Å². The van der Waals surface area contributed by atoms with Crippen LogP contribution in [0.3, 0.4) is 0 Å². The van der Waals surface area contributed by atoms with Crippen molar-refractivity contribution >= 4 is 5.78 Å². The number of nitrogens with zero attached hydrogens (tertiary/aromatic N) is 1. The minimum atomic E-state index is 0.0712. The van der Waals surface area contributed by atoms with Crippen molar-refractivity contribution in [3.05, 3.63) is 24.2 Å². The lowest BCUT2D eigenvalue weighted by molar-refractivity contribution is 0.0907. The molecular formula is C11H16N2O2. The van der Waals surface area contributed by atoms with Crippen molar-refractivity contribution in [3.63, 3.8) is 0 Å².